The maximum absolute atomic E-state index is 5.75. The van der Waals surface area contributed by atoms with Gasteiger partial charge < -0.3 is 14.8 Å². The first-order valence-corrected chi connectivity index (χ1v) is 10.0. The molecule has 1 aliphatic rings. The fraction of sp³-hybridized carbons (Fsp3) is 0.304. The number of hydrogen-bond donors (Lipinski definition) is 1. The van der Waals surface area contributed by atoms with Crippen molar-refractivity contribution in [3.8, 4) is 0 Å². The van der Waals surface area contributed by atoms with Gasteiger partial charge in [-0.3, -0.25) is 4.98 Å². The van der Waals surface area contributed by atoms with Gasteiger partial charge in [-0.15, -0.1) is 0 Å². The molecule has 0 amide bonds. The predicted octanol–water partition coefficient (Wildman–Crippen LogP) is 4.81. The minimum Gasteiger partial charge on any atom is -0.352 e. The van der Waals surface area contributed by atoms with E-state index in [1.165, 1.54) is 11.1 Å². The Hall–Kier alpha value is -2.66. The van der Waals surface area contributed by atoms with Crippen molar-refractivity contribution in [2.75, 3.05) is 0 Å². The molecule has 0 aliphatic carbocycles. The average Bonchev–Trinajstić information content (AvgIpc) is 3.29. The highest BCUT2D eigenvalue weighted by Gasteiger charge is 2.40. The summed E-state index contributed by atoms with van der Waals surface area (Å²) >= 11 is 5.75. The van der Waals surface area contributed by atoms with E-state index in [4.69, 9.17) is 12.2 Å². The smallest absolute Gasteiger partial charge is 0.170 e. The third-order valence-corrected chi connectivity index (χ3v) is 5.58. The highest BCUT2D eigenvalue weighted by Crippen LogP contribution is 2.40. The Bertz CT molecular complexity index is 943. The minimum absolute atomic E-state index is 0.0215. The van der Waals surface area contributed by atoms with Crippen LogP contribution in [0.2, 0.25) is 0 Å². The molecule has 0 saturated carbocycles. The highest BCUT2D eigenvalue weighted by molar-refractivity contribution is 7.80. The summed E-state index contributed by atoms with van der Waals surface area (Å²) < 4.78 is 2.26. The van der Waals surface area contributed by atoms with Gasteiger partial charge in [-0.05, 0) is 62.3 Å². The molecule has 0 bridgehead atoms. The third-order valence-electron chi connectivity index (χ3n) is 5.23. The molecule has 1 N–H and O–H groups in total. The Labute approximate surface area is 172 Å². The Morgan fingerprint density at radius 3 is 2.43 bits per heavy atom. The molecule has 1 saturated heterocycles. The van der Waals surface area contributed by atoms with Crippen LogP contribution in [0.25, 0.3) is 0 Å². The molecule has 0 radical (unpaired) electrons. The predicted molar refractivity (Wildman–Crippen MR) is 117 cm³/mol. The van der Waals surface area contributed by atoms with Gasteiger partial charge in [0.05, 0.1) is 17.8 Å². The molecule has 3 aromatic rings. The summed E-state index contributed by atoms with van der Waals surface area (Å²) in [7, 11) is 0. The van der Waals surface area contributed by atoms with Crippen LogP contribution in [-0.4, -0.2) is 19.6 Å². The van der Waals surface area contributed by atoms with Gasteiger partial charge in [-0.1, -0.05) is 36.4 Å². The summed E-state index contributed by atoms with van der Waals surface area (Å²) in [6.07, 6.45) is 6.25. The van der Waals surface area contributed by atoms with Crippen molar-refractivity contribution >= 4 is 17.3 Å². The fourth-order valence-corrected chi connectivity index (χ4v) is 4.03. The molecule has 3 heterocycles. The standard InChI is InChI=1S/C23H26N4S/c1-23(2,3)26-14-12-18(16-26)21-20(19-11-7-8-13-24-19)25-22(28)27(21)15-17-9-5-4-6-10-17/h4-14,16,20-21H,15H2,1-3H3,(H,25,28)/t20-,21-/m1/s1. The quantitative estimate of drug-likeness (QED) is 0.648. The van der Waals surface area contributed by atoms with Crippen molar-refractivity contribution in [2.45, 2.75) is 44.9 Å². The van der Waals surface area contributed by atoms with Gasteiger partial charge in [0.15, 0.2) is 5.11 Å². The van der Waals surface area contributed by atoms with Gasteiger partial charge in [0.1, 0.15) is 0 Å². The molecule has 5 heteroatoms. The first-order valence-electron chi connectivity index (χ1n) is 9.64. The van der Waals surface area contributed by atoms with E-state index in [9.17, 15) is 0 Å². The number of pyridine rings is 1. The minimum atomic E-state index is 0.0215. The van der Waals surface area contributed by atoms with Gasteiger partial charge in [-0.2, -0.15) is 0 Å². The number of benzene rings is 1. The van der Waals surface area contributed by atoms with Crippen molar-refractivity contribution in [3.05, 3.63) is 90.0 Å². The molecule has 4 rings (SSSR count). The Balaban J connectivity index is 1.74. The van der Waals surface area contributed by atoms with Gasteiger partial charge in [-0.25, -0.2) is 0 Å². The van der Waals surface area contributed by atoms with Crippen LogP contribution in [0.3, 0.4) is 0 Å². The molecule has 1 aliphatic heterocycles. The van der Waals surface area contributed by atoms with E-state index in [0.717, 1.165) is 17.4 Å². The molecule has 0 spiro atoms. The van der Waals surface area contributed by atoms with Gasteiger partial charge in [0, 0.05) is 30.7 Å². The average molecular weight is 391 g/mol. The summed E-state index contributed by atoms with van der Waals surface area (Å²) in [5.74, 6) is 0. The molecule has 2 atom stereocenters. The molecule has 0 unspecified atom stereocenters. The largest absolute Gasteiger partial charge is 0.352 e. The first-order chi connectivity index (χ1) is 13.4. The Morgan fingerprint density at radius 2 is 1.79 bits per heavy atom. The summed E-state index contributed by atoms with van der Waals surface area (Å²) in [6, 6.07) is 18.9. The van der Waals surface area contributed by atoms with E-state index in [2.05, 4.69) is 89.3 Å². The monoisotopic (exact) mass is 390 g/mol. The number of rotatable bonds is 4. The Kier molecular flexibility index (Phi) is 4.94. The van der Waals surface area contributed by atoms with Crippen LogP contribution in [-0.2, 0) is 12.1 Å². The van der Waals surface area contributed by atoms with Crippen LogP contribution in [0.15, 0.2) is 73.2 Å². The zero-order valence-electron chi connectivity index (χ0n) is 16.5. The number of nitrogens with one attached hydrogen (secondary N) is 1. The van der Waals surface area contributed by atoms with Crippen LogP contribution in [0.1, 0.15) is 49.7 Å². The second-order valence-electron chi connectivity index (χ2n) is 8.26. The van der Waals surface area contributed by atoms with Crippen LogP contribution >= 0.6 is 12.2 Å². The molecule has 4 nitrogen and oxygen atoms in total. The SMILES string of the molecule is CC(C)(C)n1ccc([C@@H]2[C@@H](c3ccccn3)NC(=S)N2Cc2ccccc2)c1. The van der Waals surface area contributed by atoms with E-state index in [0.29, 0.717) is 0 Å². The molecule has 1 fully saturated rings. The van der Waals surface area contributed by atoms with Crippen LogP contribution in [0.4, 0.5) is 0 Å². The van der Waals surface area contributed by atoms with Crippen LogP contribution in [0.5, 0.6) is 0 Å². The first kappa shape index (κ1) is 18.7. The third kappa shape index (κ3) is 3.67. The number of thiocarbonyl (C=S) groups is 1. The summed E-state index contributed by atoms with van der Waals surface area (Å²) in [6.45, 7) is 7.41. The van der Waals surface area contributed by atoms with Crippen molar-refractivity contribution < 1.29 is 0 Å². The summed E-state index contributed by atoms with van der Waals surface area (Å²) in [4.78, 5) is 6.90. The second kappa shape index (κ2) is 7.40. The van der Waals surface area contributed by atoms with E-state index < -0.39 is 0 Å². The van der Waals surface area contributed by atoms with Crippen molar-refractivity contribution in [1.29, 1.82) is 0 Å². The van der Waals surface area contributed by atoms with E-state index in [1.807, 2.05) is 24.4 Å². The lowest BCUT2D eigenvalue weighted by Gasteiger charge is -2.28. The van der Waals surface area contributed by atoms with Crippen molar-refractivity contribution in [3.63, 3.8) is 0 Å². The number of hydrogen-bond acceptors (Lipinski definition) is 2. The topological polar surface area (TPSA) is 33.1 Å². The van der Waals surface area contributed by atoms with E-state index in [-0.39, 0.29) is 17.6 Å². The van der Waals surface area contributed by atoms with Crippen LogP contribution in [0, 0.1) is 0 Å². The van der Waals surface area contributed by atoms with E-state index in [1.54, 1.807) is 0 Å². The lowest BCUT2D eigenvalue weighted by atomic mass is 9.98. The zero-order chi connectivity index (χ0) is 19.7. The molecule has 2 aromatic heterocycles. The maximum Gasteiger partial charge on any atom is 0.170 e. The zero-order valence-corrected chi connectivity index (χ0v) is 17.4. The molecule has 1 aromatic carbocycles. The normalized spacial score (nSPS) is 19.7. The molecule has 144 valence electrons. The van der Waals surface area contributed by atoms with Crippen LogP contribution < -0.4 is 5.32 Å². The summed E-state index contributed by atoms with van der Waals surface area (Å²) in [5, 5.41) is 4.29. The number of aromatic nitrogens is 2. The van der Waals surface area contributed by atoms with Crippen molar-refractivity contribution in [1.82, 2.24) is 19.8 Å². The van der Waals surface area contributed by atoms with E-state index >= 15 is 0 Å². The second-order valence-corrected chi connectivity index (χ2v) is 8.65. The lowest BCUT2D eigenvalue weighted by molar-refractivity contribution is 0.309. The van der Waals surface area contributed by atoms with Gasteiger partial charge in [0.25, 0.3) is 0 Å². The number of nitrogens with zero attached hydrogens (tertiary/aromatic N) is 3. The van der Waals surface area contributed by atoms with Crippen molar-refractivity contribution in [2.24, 2.45) is 0 Å². The fourth-order valence-electron chi connectivity index (χ4n) is 3.72. The Morgan fingerprint density at radius 1 is 1.04 bits per heavy atom. The summed E-state index contributed by atoms with van der Waals surface area (Å²) in [5.41, 5.74) is 3.53. The molecular weight excluding hydrogens is 364 g/mol. The molecular formula is C23H26N4S. The lowest BCUT2D eigenvalue weighted by Crippen LogP contribution is -2.29. The molecule has 28 heavy (non-hydrogen) atoms. The highest BCUT2D eigenvalue weighted by atomic mass is 32.1. The van der Waals surface area contributed by atoms with Gasteiger partial charge >= 0.3 is 0 Å². The van der Waals surface area contributed by atoms with Gasteiger partial charge in [0.2, 0.25) is 0 Å². The maximum atomic E-state index is 5.75.